The highest BCUT2D eigenvalue weighted by Crippen LogP contribution is 2.46. The molecule has 3 nitrogen and oxygen atoms in total. The first kappa shape index (κ1) is 86.6. The highest BCUT2D eigenvalue weighted by molar-refractivity contribution is 6.10. The summed E-state index contributed by atoms with van der Waals surface area (Å²) in [6, 6.07) is 212. The third kappa shape index (κ3) is 18.7. The van der Waals surface area contributed by atoms with Crippen molar-refractivity contribution in [2.45, 2.75) is 0 Å². The molecule has 664 valence electrons. The van der Waals surface area contributed by atoms with E-state index in [4.69, 9.17) is 0 Å². The van der Waals surface area contributed by atoms with Crippen LogP contribution in [0.1, 0.15) is 0 Å². The summed E-state index contributed by atoms with van der Waals surface area (Å²) >= 11 is 0. The molecule has 0 aliphatic carbocycles. The highest BCUT2D eigenvalue weighted by Gasteiger charge is 2.21. The normalized spacial score (nSPS) is 11.1. The van der Waals surface area contributed by atoms with Gasteiger partial charge in [0.2, 0.25) is 0 Å². The third-order valence-corrected chi connectivity index (χ3v) is 27.2. The lowest BCUT2D eigenvalue weighted by molar-refractivity contribution is 1.28. The van der Waals surface area contributed by atoms with Gasteiger partial charge in [0.15, 0.2) is 0 Å². The van der Waals surface area contributed by atoms with Gasteiger partial charge in [0, 0.05) is 51.2 Å². The maximum absolute atomic E-state index is 2.35. The van der Waals surface area contributed by atoms with Gasteiger partial charge in [-0.3, -0.25) is 0 Å². The van der Waals surface area contributed by atoms with Gasteiger partial charge in [-0.2, -0.15) is 0 Å². The fraction of sp³-hybridized carbons (Fsp3) is 0. The summed E-state index contributed by atoms with van der Waals surface area (Å²) in [6.45, 7) is 0. The summed E-state index contributed by atoms with van der Waals surface area (Å²) in [6.07, 6.45) is 0. The Morgan fingerprint density at radius 1 is 0.0851 bits per heavy atom. The van der Waals surface area contributed by atoms with Crippen LogP contribution in [0.2, 0.25) is 0 Å². The second kappa shape index (κ2) is 39.8. The Labute approximate surface area is 824 Å². The smallest absolute Gasteiger partial charge is 0.0468 e. The van der Waals surface area contributed by atoms with Crippen LogP contribution in [-0.4, -0.2) is 0 Å². The van der Waals surface area contributed by atoms with E-state index in [1.807, 2.05) is 0 Å². The predicted molar refractivity (Wildman–Crippen MR) is 603 cm³/mol. The van der Waals surface area contributed by atoms with Gasteiger partial charge in [-0.05, 0) is 309 Å². The Kier molecular flexibility index (Phi) is 24.4. The van der Waals surface area contributed by atoms with Crippen LogP contribution in [0.4, 0.5) is 51.2 Å². The van der Waals surface area contributed by atoms with Crippen LogP contribution < -0.4 is 14.7 Å². The zero-order valence-electron chi connectivity index (χ0n) is 77.8. The number of benzene rings is 25. The molecule has 25 rings (SSSR count). The number of hydrogen-bond donors (Lipinski definition) is 0. The van der Waals surface area contributed by atoms with Gasteiger partial charge >= 0.3 is 0 Å². The van der Waals surface area contributed by atoms with Gasteiger partial charge < -0.3 is 14.7 Å². The topological polar surface area (TPSA) is 9.72 Å². The Morgan fingerprint density at radius 2 is 0.270 bits per heavy atom. The number of hydrogen-bond acceptors (Lipinski definition) is 3. The van der Waals surface area contributed by atoms with E-state index in [1.54, 1.807) is 0 Å². The van der Waals surface area contributed by atoms with E-state index < -0.39 is 0 Å². The molecule has 0 unspecified atom stereocenters. The minimum atomic E-state index is 1.11. The number of rotatable bonds is 19. The van der Waals surface area contributed by atoms with Gasteiger partial charge in [0.1, 0.15) is 0 Å². The van der Waals surface area contributed by atoms with Crippen molar-refractivity contribution in [3.63, 3.8) is 0 Å². The minimum Gasteiger partial charge on any atom is -0.311 e. The number of anilines is 9. The van der Waals surface area contributed by atoms with Crippen LogP contribution in [0.5, 0.6) is 0 Å². The van der Waals surface area contributed by atoms with Crippen LogP contribution in [0.3, 0.4) is 0 Å². The monoisotopic (exact) mass is 1800 g/mol. The van der Waals surface area contributed by atoms with Crippen LogP contribution in [0, 0.1) is 0 Å². The van der Waals surface area contributed by atoms with Crippen LogP contribution in [0.25, 0.3) is 176 Å². The summed E-state index contributed by atoms with van der Waals surface area (Å²) in [7, 11) is 0. The fourth-order valence-corrected chi connectivity index (χ4v) is 19.8. The van der Waals surface area contributed by atoms with Crippen molar-refractivity contribution in [1.29, 1.82) is 0 Å². The fourth-order valence-electron chi connectivity index (χ4n) is 19.8. The Bertz CT molecular complexity index is 8430. The summed E-state index contributed by atoms with van der Waals surface area (Å²) in [5.74, 6) is 0. The summed E-state index contributed by atoms with van der Waals surface area (Å²) in [4.78, 5) is 7.04. The summed E-state index contributed by atoms with van der Waals surface area (Å²) < 4.78 is 0. The summed E-state index contributed by atoms with van der Waals surface area (Å²) in [5, 5.41) is 15.0. The van der Waals surface area contributed by atoms with E-state index in [0.29, 0.717) is 0 Å². The molecule has 3 heteroatoms. The molecule has 0 fully saturated rings. The molecule has 0 aliphatic rings. The van der Waals surface area contributed by atoms with Crippen LogP contribution in [-0.2, 0) is 0 Å². The van der Waals surface area contributed by atoms with Gasteiger partial charge in [-0.25, -0.2) is 0 Å². The largest absolute Gasteiger partial charge is 0.311 e. The molecule has 0 saturated heterocycles. The second-order valence-electron chi connectivity index (χ2n) is 35.9. The van der Waals surface area contributed by atoms with Gasteiger partial charge in [-0.15, -0.1) is 0 Å². The van der Waals surface area contributed by atoms with E-state index in [1.165, 1.54) is 176 Å². The number of fused-ring (bicyclic) bond motifs is 6. The molecule has 141 heavy (non-hydrogen) atoms. The molecular formula is C138H97N3. The molecule has 0 N–H and O–H groups in total. The van der Waals surface area contributed by atoms with E-state index in [0.717, 1.165) is 51.2 Å². The first-order valence-corrected chi connectivity index (χ1v) is 48.4. The molecule has 0 spiro atoms. The van der Waals surface area contributed by atoms with Gasteiger partial charge in [-0.1, -0.05) is 455 Å². The maximum atomic E-state index is 2.35. The van der Waals surface area contributed by atoms with Crippen molar-refractivity contribution < 1.29 is 0 Å². The molecule has 0 bridgehead atoms. The lowest BCUT2D eigenvalue weighted by atomic mass is 9.91. The molecule has 0 radical (unpaired) electrons. The van der Waals surface area contributed by atoms with Crippen molar-refractivity contribution in [3.05, 3.63) is 588 Å². The molecule has 25 aromatic carbocycles. The van der Waals surface area contributed by atoms with E-state index in [-0.39, 0.29) is 0 Å². The average Bonchev–Trinajstić information content (AvgIpc) is 0.757. The predicted octanol–water partition coefficient (Wildman–Crippen LogP) is 39.1. The zero-order chi connectivity index (χ0) is 94.0. The minimum absolute atomic E-state index is 1.11. The third-order valence-electron chi connectivity index (χ3n) is 27.2. The van der Waals surface area contributed by atoms with Crippen LogP contribution >= 0.6 is 0 Å². The van der Waals surface area contributed by atoms with Crippen molar-refractivity contribution in [1.82, 2.24) is 0 Å². The molecule has 0 amide bonds. The SMILES string of the molecule is c1ccc(-c2ccc(N(c3ccc(-c4ccccc4)cc3)c3ccc(-c4cccc5c(-c6cccc7ccccc67)cccc45)cc3)cc2)cc1.c1ccc(-c2ccc(N(c3ccc(-c4ccccc4)cc3)c3ccc4cc(-c5ccc6ccccc6c5)ccc4c3)cc2)cc1.c1ccc(-c2ccc(N(c3ccc(-c4ccccc4)cc3)c3ccc4ccc(-c5ccc6ccccc6c5)cc4c3)cc2)cc1. The standard InChI is InChI=1S/C50H35N.2C44H31N/c1-3-12-36(13-4-1)38-24-30-42(31-25-38)51(43-32-26-39(27-33-43)37-14-5-2-6-15-37)44-34-28-41(29-35-44)46-19-10-22-49-48(46)21-11-23-50(49)47-20-9-17-40-16-7-8-18-45(40)47;1-3-9-32(10-4-1)35-19-24-42(25-20-35)45(43-26-21-36(22-27-43)33-11-5-2-6-12-33)44-28-23-37-16-18-40(30-41(37)31-44)39-17-15-34-13-7-8-14-38(34)29-39;1-3-9-32(10-4-1)35-19-24-42(25-20-35)45(43-26-21-36(22-27-43)33-11-5-2-6-12-33)44-28-23-40-30-39(17-18-41(40)31-44)38-16-15-34-13-7-8-14-37(34)29-38/h1-35H;2*1-31H. The molecule has 0 aliphatic heterocycles. The Hall–Kier alpha value is -18.5. The van der Waals surface area contributed by atoms with Crippen molar-refractivity contribution in [2.75, 3.05) is 14.7 Å². The first-order valence-electron chi connectivity index (χ1n) is 48.4. The lowest BCUT2D eigenvalue weighted by Gasteiger charge is -2.26. The van der Waals surface area contributed by atoms with Crippen molar-refractivity contribution >= 4 is 116 Å². The van der Waals surface area contributed by atoms with Gasteiger partial charge in [0.25, 0.3) is 0 Å². The molecule has 0 atom stereocenters. The van der Waals surface area contributed by atoms with E-state index >= 15 is 0 Å². The van der Waals surface area contributed by atoms with Crippen LogP contribution in [0.15, 0.2) is 588 Å². The summed E-state index contributed by atoms with van der Waals surface area (Å²) in [5.41, 5.74) is 34.4. The second-order valence-corrected chi connectivity index (χ2v) is 35.9. The molecule has 0 aromatic heterocycles. The highest BCUT2D eigenvalue weighted by atomic mass is 15.2. The van der Waals surface area contributed by atoms with Gasteiger partial charge in [0.05, 0.1) is 0 Å². The molecular weight excluding hydrogens is 1700 g/mol. The zero-order valence-corrected chi connectivity index (χ0v) is 77.8. The number of nitrogens with zero attached hydrogens (tertiary/aromatic N) is 3. The average molecular weight is 1800 g/mol. The molecule has 25 aromatic rings. The van der Waals surface area contributed by atoms with Crippen molar-refractivity contribution in [3.8, 4) is 111 Å². The van der Waals surface area contributed by atoms with E-state index in [9.17, 15) is 0 Å². The maximum Gasteiger partial charge on any atom is 0.0468 e. The van der Waals surface area contributed by atoms with Crippen molar-refractivity contribution in [2.24, 2.45) is 0 Å². The Morgan fingerprint density at radius 3 is 0.617 bits per heavy atom. The van der Waals surface area contributed by atoms with E-state index in [2.05, 4.69) is 603 Å². The Balaban J connectivity index is 0.000000118. The first-order chi connectivity index (χ1) is 69.9. The molecule has 0 heterocycles. The lowest BCUT2D eigenvalue weighted by Crippen LogP contribution is -2.09. The quantitative estimate of drug-likeness (QED) is 0.0799. The molecule has 0 saturated carbocycles.